The zero-order valence-electron chi connectivity index (χ0n) is 9.70. The topological polar surface area (TPSA) is 95.9 Å². The number of hydrogen-bond donors (Lipinski definition) is 1. The third-order valence-electron chi connectivity index (χ3n) is 2.46. The van der Waals surface area contributed by atoms with Gasteiger partial charge < -0.3 is 14.7 Å². The van der Waals surface area contributed by atoms with Crippen LogP contribution in [0.4, 0.5) is 0 Å². The number of furan rings is 1. The van der Waals surface area contributed by atoms with E-state index in [0.717, 1.165) is 5.56 Å². The summed E-state index contributed by atoms with van der Waals surface area (Å²) in [5.74, 6) is 1.99. The van der Waals surface area contributed by atoms with Gasteiger partial charge in [0.1, 0.15) is 5.76 Å². The van der Waals surface area contributed by atoms with Crippen LogP contribution >= 0.6 is 0 Å². The fourth-order valence-electron chi connectivity index (χ4n) is 1.58. The molecule has 0 aromatic carbocycles. The van der Waals surface area contributed by atoms with Crippen LogP contribution in [0.15, 0.2) is 33.5 Å². The first-order valence-corrected chi connectivity index (χ1v) is 5.38. The highest BCUT2D eigenvalue weighted by Gasteiger charge is 2.14. The second-order valence-corrected chi connectivity index (χ2v) is 3.80. The Morgan fingerprint density at radius 2 is 2.28 bits per heavy atom. The Kier molecular flexibility index (Phi) is 2.45. The summed E-state index contributed by atoms with van der Waals surface area (Å²) in [6, 6.07) is 3.53. The zero-order chi connectivity index (χ0) is 12.5. The van der Waals surface area contributed by atoms with Crippen LogP contribution in [0.3, 0.4) is 0 Å². The Morgan fingerprint density at radius 3 is 2.94 bits per heavy atom. The summed E-state index contributed by atoms with van der Waals surface area (Å²) in [7, 11) is 1.82. The molecule has 0 bridgehead atoms. The molecule has 7 heteroatoms. The lowest BCUT2D eigenvalue weighted by Crippen LogP contribution is -1.92. The summed E-state index contributed by atoms with van der Waals surface area (Å²) in [6.45, 7) is 0.337. The maximum atomic E-state index is 5.47. The Balaban J connectivity index is 1.93. The molecule has 3 heterocycles. The highest BCUT2D eigenvalue weighted by atomic mass is 16.5. The normalized spacial score (nSPS) is 11.0. The van der Waals surface area contributed by atoms with Crippen molar-refractivity contribution < 1.29 is 8.94 Å². The van der Waals surface area contributed by atoms with E-state index < -0.39 is 0 Å². The maximum absolute atomic E-state index is 5.47. The number of nitrogens with two attached hydrogens (primary N) is 1. The molecule has 0 amide bonds. The lowest BCUT2D eigenvalue weighted by Gasteiger charge is -1.87. The molecule has 7 nitrogen and oxygen atoms in total. The second kappa shape index (κ2) is 4.11. The minimum Gasteiger partial charge on any atom is -0.455 e. The van der Waals surface area contributed by atoms with Crippen LogP contribution in [-0.4, -0.2) is 19.9 Å². The smallest absolute Gasteiger partial charge is 0.293 e. The van der Waals surface area contributed by atoms with Crippen LogP contribution in [0.5, 0.6) is 0 Å². The Morgan fingerprint density at radius 1 is 1.39 bits per heavy atom. The molecular weight excluding hydrogens is 234 g/mol. The van der Waals surface area contributed by atoms with Crippen molar-refractivity contribution >= 4 is 0 Å². The number of rotatable bonds is 3. The SMILES string of the molecule is Cn1cc(-c2noc(-c3ccc(CN)o3)n2)cn1. The Hall–Kier alpha value is -2.41. The monoisotopic (exact) mass is 245 g/mol. The summed E-state index contributed by atoms with van der Waals surface area (Å²) in [6.07, 6.45) is 3.48. The number of aryl methyl sites for hydroxylation is 1. The zero-order valence-corrected chi connectivity index (χ0v) is 9.70. The third kappa shape index (κ3) is 1.80. The van der Waals surface area contributed by atoms with Gasteiger partial charge in [-0.2, -0.15) is 10.1 Å². The number of aromatic nitrogens is 4. The summed E-state index contributed by atoms with van der Waals surface area (Å²) in [4.78, 5) is 4.25. The summed E-state index contributed by atoms with van der Waals surface area (Å²) in [5.41, 5.74) is 6.26. The lowest BCUT2D eigenvalue weighted by molar-refractivity contribution is 0.412. The van der Waals surface area contributed by atoms with E-state index >= 15 is 0 Å². The summed E-state index contributed by atoms with van der Waals surface area (Å²) in [5, 5.41) is 7.93. The standard InChI is InChI=1S/C11H11N5O2/c1-16-6-7(5-13-16)10-14-11(18-15-10)9-3-2-8(4-12)17-9/h2-3,5-6H,4,12H2,1H3. The molecule has 18 heavy (non-hydrogen) atoms. The van der Waals surface area contributed by atoms with Crippen molar-refractivity contribution in [3.63, 3.8) is 0 Å². The molecule has 0 spiro atoms. The molecule has 0 saturated heterocycles. The van der Waals surface area contributed by atoms with Crippen molar-refractivity contribution in [1.82, 2.24) is 19.9 Å². The first kappa shape index (κ1) is 10.7. The van der Waals surface area contributed by atoms with Gasteiger partial charge in [-0.05, 0) is 12.1 Å². The highest BCUT2D eigenvalue weighted by Crippen LogP contribution is 2.23. The number of nitrogens with zero attached hydrogens (tertiary/aromatic N) is 4. The Bertz CT molecular complexity index is 666. The molecule has 0 aliphatic carbocycles. The molecule has 0 saturated carbocycles. The van der Waals surface area contributed by atoms with Gasteiger partial charge in [-0.25, -0.2) is 0 Å². The van der Waals surface area contributed by atoms with Crippen LogP contribution in [0, 0.1) is 0 Å². The molecule has 92 valence electrons. The van der Waals surface area contributed by atoms with Gasteiger partial charge in [0.15, 0.2) is 5.76 Å². The van der Waals surface area contributed by atoms with Gasteiger partial charge in [0.2, 0.25) is 5.82 Å². The Labute approximate surface area is 102 Å². The van der Waals surface area contributed by atoms with Crippen LogP contribution in [0.2, 0.25) is 0 Å². The van der Waals surface area contributed by atoms with E-state index in [1.54, 1.807) is 23.0 Å². The van der Waals surface area contributed by atoms with Gasteiger partial charge in [-0.3, -0.25) is 4.68 Å². The van der Waals surface area contributed by atoms with E-state index in [1.807, 2.05) is 13.2 Å². The van der Waals surface area contributed by atoms with Crippen LogP contribution < -0.4 is 5.73 Å². The average Bonchev–Trinajstić information content (AvgIpc) is 3.07. The summed E-state index contributed by atoms with van der Waals surface area (Å²) < 4.78 is 12.2. The van der Waals surface area contributed by atoms with E-state index in [4.69, 9.17) is 14.7 Å². The van der Waals surface area contributed by atoms with Gasteiger partial charge >= 0.3 is 0 Å². The molecular formula is C11H11N5O2. The third-order valence-corrected chi connectivity index (χ3v) is 2.46. The molecule has 3 rings (SSSR count). The fourth-order valence-corrected chi connectivity index (χ4v) is 1.58. The predicted molar refractivity (Wildman–Crippen MR) is 62.1 cm³/mol. The van der Waals surface area contributed by atoms with E-state index in [2.05, 4.69) is 15.2 Å². The van der Waals surface area contributed by atoms with Crippen LogP contribution in [0.25, 0.3) is 23.0 Å². The molecule has 0 fully saturated rings. The minimum absolute atomic E-state index is 0.327. The minimum atomic E-state index is 0.327. The second-order valence-electron chi connectivity index (χ2n) is 3.80. The summed E-state index contributed by atoms with van der Waals surface area (Å²) >= 11 is 0. The highest BCUT2D eigenvalue weighted by molar-refractivity contribution is 5.55. The molecule has 0 aliphatic heterocycles. The molecule has 3 aromatic rings. The average molecular weight is 245 g/mol. The van der Waals surface area contributed by atoms with Crippen molar-refractivity contribution in [2.75, 3.05) is 0 Å². The van der Waals surface area contributed by atoms with E-state index in [0.29, 0.717) is 29.8 Å². The first-order chi connectivity index (χ1) is 8.76. The van der Waals surface area contributed by atoms with Crippen LogP contribution in [-0.2, 0) is 13.6 Å². The van der Waals surface area contributed by atoms with Crippen molar-refractivity contribution in [1.29, 1.82) is 0 Å². The van der Waals surface area contributed by atoms with Crippen molar-refractivity contribution in [2.24, 2.45) is 12.8 Å². The van der Waals surface area contributed by atoms with E-state index in [1.165, 1.54) is 0 Å². The quantitative estimate of drug-likeness (QED) is 0.744. The fraction of sp³-hybridized carbons (Fsp3) is 0.182. The van der Waals surface area contributed by atoms with Crippen molar-refractivity contribution in [3.05, 3.63) is 30.3 Å². The molecule has 0 radical (unpaired) electrons. The van der Waals surface area contributed by atoms with Gasteiger partial charge in [-0.1, -0.05) is 5.16 Å². The maximum Gasteiger partial charge on any atom is 0.293 e. The van der Waals surface area contributed by atoms with E-state index in [-0.39, 0.29) is 0 Å². The predicted octanol–water partition coefficient (Wildman–Crippen LogP) is 1.19. The van der Waals surface area contributed by atoms with Gasteiger partial charge in [0.25, 0.3) is 5.89 Å². The molecule has 3 aromatic heterocycles. The lowest BCUT2D eigenvalue weighted by atomic mass is 10.3. The first-order valence-electron chi connectivity index (χ1n) is 5.38. The van der Waals surface area contributed by atoms with Gasteiger partial charge in [0.05, 0.1) is 18.3 Å². The molecule has 0 atom stereocenters. The van der Waals surface area contributed by atoms with Gasteiger partial charge in [0, 0.05) is 13.2 Å². The van der Waals surface area contributed by atoms with Gasteiger partial charge in [-0.15, -0.1) is 0 Å². The largest absolute Gasteiger partial charge is 0.455 e. The molecule has 0 aliphatic rings. The van der Waals surface area contributed by atoms with Crippen molar-refractivity contribution in [2.45, 2.75) is 6.54 Å². The molecule has 2 N–H and O–H groups in total. The van der Waals surface area contributed by atoms with E-state index in [9.17, 15) is 0 Å². The molecule has 0 unspecified atom stereocenters. The van der Waals surface area contributed by atoms with Crippen LogP contribution in [0.1, 0.15) is 5.76 Å². The van der Waals surface area contributed by atoms with Crippen molar-refractivity contribution in [3.8, 4) is 23.0 Å². The number of hydrogen-bond acceptors (Lipinski definition) is 6.